The van der Waals surface area contributed by atoms with E-state index in [2.05, 4.69) is 84.9 Å². The maximum Gasteiger partial charge on any atom is 0.278 e. The molecule has 1 atom stereocenters. The molecule has 3 rings (SSSR count). The maximum atomic E-state index is 12.8. The highest BCUT2D eigenvalue weighted by Crippen LogP contribution is 2.23. The van der Waals surface area contributed by atoms with Crippen LogP contribution in [0.4, 0.5) is 10.3 Å². The number of rotatable bonds is 22. The van der Waals surface area contributed by atoms with Crippen LogP contribution in [0.25, 0.3) is 0 Å². The number of halogens is 1. The highest BCUT2D eigenvalue weighted by Gasteiger charge is 2.12. The lowest BCUT2D eigenvalue weighted by molar-refractivity contribution is -0.679. The second kappa shape index (κ2) is 27.3. The van der Waals surface area contributed by atoms with Gasteiger partial charge in [0.25, 0.3) is 11.7 Å². The number of pyridine rings is 1. The largest absolute Gasteiger partial charge is 0.388 e. The van der Waals surface area contributed by atoms with Crippen molar-refractivity contribution in [2.75, 3.05) is 37.2 Å². The normalized spacial score (nSPS) is 14.6. The van der Waals surface area contributed by atoms with Crippen molar-refractivity contribution < 1.29 is 13.8 Å². The van der Waals surface area contributed by atoms with Crippen molar-refractivity contribution in [1.29, 1.82) is 0 Å². The Morgan fingerprint density at radius 1 is 0.940 bits per heavy atom. The molecule has 1 saturated heterocycles. The van der Waals surface area contributed by atoms with Gasteiger partial charge in [-0.2, -0.15) is 5.54 Å². The monoisotopic (exact) mass is 707 g/mol. The van der Waals surface area contributed by atoms with E-state index in [-0.39, 0.29) is 5.91 Å². The summed E-state index contributed by atoms with van der Waals surface area (Å²) >= 11 is 1.72. The Morgan fingerprint density at radius 3 is 2.44 bits per heavy atom. The molecule has 0 saturated carbocycles. The van der Waals surface area contributed by atoms with Crippen LogP contribution in [-0.4, -0.2) is 43.9 Å². The van der Waals surface area contributed by atoms with Gasteiger partial charge in [0.1, 0.15) is 6.20 Å². The summed E-state index contributed by atoms with van der Waals surface area (Å²) < 4.78 is 13.5. The predicted octanol–water partition coefficient (Wildman–Crippen LogP) is 8.79. The molecule has 9 heteroatoms. The number of nitrogens with one attached hydrogen (secondary N) is 5. The van der Waals surface area contributed by atoms with E-state index >= 15 is 0 Å². The third-order valence-electron chi connectivity index (χ3n) is 8.41. The number of carbonyl (C=O) groups excluding carboxylic acids is 1. The lowest BCUT2D eigenvalue weighted by Crippen LogP contribution is -2.34. The van der Waals surface area contributed by atoms with Gasteiger partial charge in [0.15, 0.2) is 0 Å². The molecule has 50 heavy (non-hydrogen) atoms. The van der Waals surface area contributed by atoms with Gasteiger partial charge in [0.2, 0.25) is 0 Å². The number of hydrogen-bond acceptors (Lipinski definition) is 6. The van der Waals surface area contributed by atoms with Crippen LogP contribution in [0, 0.1) is 0 Å². The molecule has 1 aliphatic heterocycles. The summed E-state index contributed by atoms with van der Waals surface area (Å²) in [5, 5.41) is 13.0. The minimum atomic E-state index is -0.0112. The first-order valence-electron chi connectivity index (χ1n) is 18.5. The molecule has 276 valence electrons. The second-order valence-corrected chi connectivity index (χ2v) is 14.1. The van der Waals surface area contributed by atoms with Gasteiger partial charge in [-0.25, -0.2) is 9.88 Å². The van der Waals surface area contributed by atoms with E-state index in [0.717, 1.165) is 86.6 Å². The topological polar surface area (TPSA) is 81.1 Å². The number of hydrogen-bond donors (Lipinski definition) is 5. The minimum absolute atomic E-state index is 0.0112. The van der Waals surface area contributed by atoms with E-state index in [9.17, 15) is 9.28 Å². The third kappa shape index (κ3) is 19.7. The highest BCUT2D eigenvalue weighted by atomic mass is 32.2. The van der Waals surface area contributed by atoms with Crippen molar-refractivity contribution in [2.24, 2.45) is 0 Å². The number of anilines is 1. The molecule has 0 aliphatic carbocycles. The first-order valence-corrected chi connectivity index (χ1v) is 19.5. The van der Waals surface area contributed by atoms with Crippen LogP contribution in [0.5, 0.6) is 0 Å². The SMILES string of the molecule is CC[n+]1ccccc1N/C=C\NCCCNC(=O)c1ccccc1SC/C=C(\C)CC/C=C(\C)CCC=C(C)C.FNCCC[C@H]1CCCN1. The summed E-state index contributed by atoms with van der Waals surface area (Å²) in [6.07, 6.45) is 22.7. The van der Waals surface area contributed by atoms with Crippen molar-refractivity contribution in [2.45, 2.75) is 110 Å². The van der Waals surface area contributed by atoms with Gasteiger partial charge < -0.3 is 16.0 Å². The van der Waals surface area contributed by atoms with Gasteiger partial charge in [0.05, 0.1) is 18.3 Å². The first-order chi connectivity index (χ1) is 24.3. The molecule has 2 heterocycles. The average molecular weight is 708 g/mol. The number of carbonyl (C=O) groups is 1. The van der Waals surface area contributed by atoms with E-state index in [4.69, 9.17) is 0 Å². The number of aromatic nitrogens is 1. The summed E-state index contributed by atoms with van der Waals surface area (Å²) in [7, 11) is 0. The number of aryl methyl sites for hydroxylation is 1. The average Bonchev–Trinajstić information content (AvgIpc) is 3.63. The van der Waals surface area contributed by atoms with Gasteiger partial charge >= 0.3 is 0 Å². The van der Waals surface area contributed by atoms with Gasteiger partial charge in [0, 0.05) is 48.6 Å². The van der Waals surface area contributed by atoms with Gasteiger partial charge in [-0.1, -0.05) is 53.1 Å². The quantitative estimate of drug-likeness (QED) is 0.0277. The summed E-state index contributed by atoms with van der Waals surface area (Å²) in [4.78, 5) is 13.9. The van der Waals surface area contributed by atoms with Crippen LogP contribution in [0.2, 0.25) is 0 Å². The zero-order valence-corrected chi connectivity index (χ0v) is 32.1. The number of benzene rings is 1. The smallest absolute Gasteiger partial charge is 0.278 e. The van der Waals surface area contributed by atoms with Gasteiger partial charge in [-0.05, 0) is 117 Å². The Balaban J connectivity index is 0.000000739. The number of thioether (sulfide) groups is 1. The van der Waals surface area contributed by atoms with E-state index < -0.39 is 0 Å². The van der Waals surface area contributed by atoms with Crippen molar-refractivity contribution in [1.82, 2.24) is 21.5 Å². The van der Waals surface area contributed by atoms with Crippen LogP contribution in [0.15, 0.2) is 101 Å². The number of nitrogens with zero attached hydrogens (tertiary/aromatic N) is 1. The number of amides is 1. The predicted molar refractivity (Wildman–Crippen MR) is 212 cm³/mol. The van der Waals surface area contributed by atoms with Crippen LogP contribution in [-0.2, 0) is 6.54 Å². The maximum absolute atomic E-state index is 12.8. The zero-order chi connectivity index (χ0) is 36.2. The first kappa shape index (κ1) is 42.8. The van der Waals surface area contributed by atoms with Crippen molar-refractivity contribution in [3.05, 3.63) is 102 Å². The standard InChI is InChI=1S/C34H48N4OS.C7H15FN2/c1-6-38-26-10-9-20-33(38)36-25-24-35-22-13-23-37-34(39)31-18-7-8-19-32(31)40-27-21-30(5)17-12-16-29(4)15-11-14-28(2)3;8-10-6-2-4-7-3-1-5-9-7/h7-10,14,16,18-21,24-26,35H,6,11-13,15,17,22-23,27H2,1-5H3,(H,37,39);7,9-10H,1-6H2/p+1/b25-24-,29-16+,30-21+;/t;7-/m.1/s1. The molecule has 7 nitrogen and oxygen atoms in total. The Labute approximate surface area is 306 Å². The zero-order valence-electron chi connectivity index (χ0n) is 31.3. The van der Waals surface area contributed by atoms with E-state index in [0.29, 0.717) is 19.1 Å². The summed E-state index contributed by atoms with van der Waals surface area (Å²) in [5.41, 5.74) is 6.67. The van der Waals surface area contributed by atoms with Crippen molar-refractivity contribution in [3.63, 3.8) is 0 Å². The van der Waals surface area contributed by atoms with Crippen molar-refractivity contribution >= 4 is 23.5 Å². The van der Waals surface area contributed by atoms with E-state index in [1.165, 1.54) is 29.6 Å². The van der Waals surface area contributed by atoms with Crippen LogP contribution < -0.4 is 31.4 Å². The fourth-order valence-corrected chi connectivity index (χ4v) is 6.49. The molecule has 1 aliphatic rings. The lowest BCUT2D eigenvalue weighted by atomic mass is 10.1. The highest BCUT2D eigenvalue weighted by molar-refractivity contribution is 7.99. The van der Waals surface area contributed by atoms with Gasteiger partial charge in [-0.3, -0.25) is 4.79 Å². The van der Waals surface area contributed by atoms with Crippen LogP contribution in [0.1, 0.15) is 103 Å². The van der Waals surface area contributed by atoms with Gasteiger partial charge in [-0.15, -0.1) is 16.2 Å². The summed E-state index contributed by atoms with van der Waals surface area (Å²) in [6.45, 7) is 14.8. The fourth-order valence-electron chi connectivity index (χ4n) is 5.45. The molecule has 1 aromatic heterocycles. The molecule has 0 bridgehead atoms. The van der Waals surface area contributed by atoms with Crippen LogP contribution >= 0.6 is 11.8 Å². The molecule has 0 radical (unpaired) electrons. The Bertz CT molecular complexity index is 1350. The van der Waals surface area contributed by atoms with E-state index in [1.807, 2.05) is 54.9 Å². The molecular weight excluding hydrogens is 644 g/mol. The fraction of sp³-hybridized carbons (Fsp3) is 0.512. The molecule has 1 fully saturated rings. The molecule has 0 unspecified atom stereocenters. The Kier molecular flexibility index (Phi) is 23.4. The molecule has 2 aromatic rings. The summed E-state index contributed by atoms with van der Waals surface area (Å²) in [5.74, 6) is 1.90. The number of allylic oxidation sites excluding steroid dienone is 5. The summed E-state index contributed by atoms with van der Waals surface area (Å²) in [6, 6.07) is 14.6. The Hall–Kier alpha value is -3.40. The molecular formula is C41H64FN6OS+. The molecule has 1 aromatic carbocycles. The Morgan fingerprint density at radius 2 is 1.70 bits per heavy atom. The third-order valence-corrected chi connectivity index (χ3v) is 9.41. The second-order valence-electron chi connectivity index (χ2n) is 13.0. The lowest BCUT2D eigenvalue weighted by Gasteiger charge is -2.09. The molecule has 5 N–H and O–H groups in total. The minimum Gasteiger partial charge on any atom is -0.388 e. The molecule has 0 spiro atoms. The van der Waals surface area contributed by atoms with E-state index in [1.54, 1.807) is 17.3 Å². The van der Waals surface area contributed by atoms with Crippen LogP contribution in [0.3, 0.4) is 0 Å². The van der Waals surface area contributed by atoms with Crippen molar-refractivity contribution in [3.8, 4) is 0 Å². The molecule has 1 amide bonds.